The summed E-state index contributed by atoms with van der Waals surface area (Å²) in [6.45, 7) is 0.0631. The number of hydrogen-bond donors (Lipinski definition) is 2. The van der Waals surface area contributed by atoms with Crippen molar-refractivity contribution in [2.24, 2.45) is 12.8 Å². The molecule has 0 saturated carbocycles. The molecular weight excluding hydrogens is 270 g/mol. The zero-order chi connectivity index (χ0) is 15.4. The Balaban J connectivity index is 2.21. The van der Waals surface area contributed by atoms with Crippen molar-refractivity contribution in [1.82, 2.24) is 14.7 Å². The summed E-state index contributed by atoms with van der Waals surface area (Å²) in [5.41, 5.74) is 12.6. The average molecular weight is 287 g/mol. The average Bonchev–Trinajstić information content (AvgIpc) is 2.83. The summed E-state index contributed by atoms with van der Waals surface area (Å²) in [7, 11) is 1.72. The van der Waals surface area contributed by atoms with Gasteiger partial charge in [0, 0.05) is 25.5 Å². The van der Waals surface area contributed by atoms with Gasteiger partial charge in [-0.25, -0.2) is 0 Å². The minimum atomic E-state index is -0.580. The van der Waals surface area contributed by atoms with Crippen molar-refractivity contribution >= 4 is 17.5 Å². The van der Waals surface area contributed by atoms with Gasteiger partial charge in [0.25, 0.3) is 5.91 Å². The van der Waals surface area contributed by atoms with E-state index in [1.54, 1.807) is 37.5 Å². The van der Waals surface area contributed by atoms with Crippen molar-refractivity contribution in [2.45, 2.75) is 6.54 Å². The van der Waals surface area contributed by atoms with Crippen LogP contribution in [0, 0.1) is 0 Å². The third-order valence-corrected chi connectivity index (χ3v) is 2.89. The van der Waals surface area contributed by atoms with Gasteiger partial charge in [0.05, 0.1) is 0 Å². The fraction of sp³-hybridized carbons (Fsp3) is 0.214. The SMILES string of the molecule is Cn1ccc(C(=O)N(CC(N)=O)Cc2cccc(N)c2)n1. The summed E-state index contributed by atoms with van der Waals surface area (Å²) < 4.78 is 1.52. The molecule has 0 aliphatic rings. The summed E-state index contributed by atoms with van der Waals surface area (Å²) in [5, 5.41) is 4.05. The molecule has 0 unspecified atom stereocenters. The largest absolute Gasteiger partial charge is 0.399 e. The molecule has 0 atom stereocenters. The molecule has 0 aliphatic carbocycles. The second kappa shape index (κ2) is 6.08. The van der Waals surface area contributed by atoms with Crippen molar-refractivity contribution in [1.29, 1.82) is 0 Å². The number of aromatic nitrogens is 2. The van der Waals surface area contributed by atoms with Crippen LogP contribution in [-0.4, -0.2) is 33.0 Å². The van der Waals surface area contributed by atoms with E-state index in [0.29, 0.717) is 5.69 Å². The maximum Gasteiger partial charge on any atom is 0.275 e. The monoisotopic (exact) mass is 287 g/mol. The molecule has 2 amide bonds. The van der Waals surface area contributed by atoms with Gasteiger partial charge in [-0.05, 0) is 23.8 Å². The van der Waals surface area contributed by atoms with Gasteiger partial charge < -0.3 is 16.4 Å². The lowest BCUT2D eigenvalue weighted by molar-refractivity contribution is -0.118. The molecule has 2 aromatic rings. The second-order valence-corrected chi connectivity index (χ2v) is 4.75. The summed E-state index contributed by atoms with van der Waals surface area (Å²) in [4.78, 5) is 24.9. The summed E-state index contributed by atoms with van der Waals surface area (Å²) >= 11 is 0. The van der Waals surface area contributed by atoms with Crippen molar-refractivity contribution in [3.63, 3.8) is 0 Å². The molecular formula is C14H17N5O2. The van der Waals surface area contributed by atoms with Crippen molar-refractivity contribution < 1.29 is 9.59 Å². The second-order valence-electron chi connectivity index (χ2n) is 4.75. The number of nitrogens with two attached hydrogens (primary N) is 2. The van der Waals surface area contributed by atoms with Crippen LogP contribution in [-0.2, 0) is 18.4 Å². The molecule has 4 N–H and O–H groups in total. The molecule has 1 aromatic carbocycles. The topological polar surface area (TPSA) is 107 Å². The lowest BCUT2D eigenvalue weighted by Gasteiger charge is -2.20. The van der Waals surface area contributed by atoms with E-state index >= 15 is 0 Å². The molecule has 7 heteroatoms. The lowest BCUT2D eigenvalue weighted by Crippen LogP contribution is -2.38. The van der Waals surface area contributed by atoms with Gasteiger partial charge >= 0.3 is 0 Å². The number of primary amides is 1. The maximum atomic E-state index is 12.4. The van der Waals surface area contributed by atoms with Crippen LogP contribution in [0.4, 0.5) is 5.69 Å². The Morgan fingerprint density at radius 2 is 2.10 bits per heavy atom. The normalized spacial score (nSPS) is 10.3. The van der Waals surface area contributed by atoms with Crippen LogP contribution in [0.3, 0.4) is 0 Å². The first-order valence-corrected chi connectivity index (χ1v) is 6.37. The highest BCUT2D eigenvalue weighted by Gasteiger charge is 2.20. The summed E-state index contributed by atoms with van der Waals surface area (Å²) in [6.07, 6.45) is 1.66. The van der Waals surface area contributed by atoms with Gasteiger partial charge in [-0.2, -0.15) is 5.10 Å². The molecule has 0 radical (unpaired) electrons. The van der Waals surface area contributed by atoms with E-state index < -0.39 is 5.91 Å². The van der Waals surface area contributed by atoms with Gasteiger partial charge in [-0.1, -0.05) is 12.1 Å². The minimum Gasteiger partial charge on any atom is -0.399 e. The number of benzene rings is 1. The standard InChI is InChI=1S/C14H17N5O2/c1-18-6-5-12(17-18)14(21)19(9-13(16)20)8-10-3-2-4-11(15)7-10/h2-7H,8-9,15H2,1H3,(H2,16,20). The van der Waals surface area contributed by atoms with E-state index in [-0.39, 0.29) is 24.7 Å². The fourth-order valence-corrected chi connectivity index (χ4v) is 1.99. The predicted molar refractivity (Wildman–Crippen MR) is 78.0 cm³/mol. The zero-order valence-corrected chi connectivity index (χ0v) is 11.7. The van der Waals surface area contributed by atoms with Crippen molar-refractivity contribution in [3.8, 4) is 0 Å². The van der Waals surface area contributed by atoms with Crippen LogP contribution in [0.15, 0.2) is 36.5 Å². The highest BCUT2D eigenvalue weighted by atomic mass is 16.2. The Morgan fingerprint density at radius 3 is 2.67 bits per heavy atom. The highest BCUT2D eigenvalue weighted by Crippen LogP contribution is 2.11. The fourth-order valence-electron chi connectivity index (χ4n) is 1.99. The minimum absolute atomic E-state index is 0.176. The summed E-state index contributed by atoms with van der Waals surface area (Å²) in [6, 6.07) is 8.71. The molecule has 21 heavy (non-hydrogen) atoms. The maximum absolute atomic E-state index is 12.4. The van der Waals surface area contributed by atoms with E-state index in [2.05, 4.69) is 5.10 Å². The molecule has 0 fully saturated rings. The Labute approximate surface area is 122 Å². The van der Waals surface area contributed by atoms with E-state index in [4.69, 9.17) is 11.5 Å². The van der Waals surface area contributed by atoms with E-state index in [1.807, 2.05) is 6.07 Å². The quantitative estimate of drug-likeness (QED) is 0.762. The number of amides is 2. The lowest BCUT2D eigenvalue weighted by atomic mass is 10.2. The van der Waals surface area contributed by atoms with Gasteiger partial charge in [-0.3, -0.25) is 14.3 Å². The van der Waals surface area contributed by atoms with Crippen molar-refractivity contribution in [2.75, 3.05) is 12.3 Å². The third-order valence-electron chi connectivity index (χ3n) is 2.89. The number of nitrogen functional groups attached to an aromatic ring is 1. The number of rotatable bonds is 5. The molecule has 7 nitrogen and oxygen atoms in total. The van der Waals surface area contributed by atoms with Crippen LogP contribution in [0.2, 0.25) is 0 Å². The molecule has 1 aromatic heterocycles. The van der Waals surface area contributed by atoms with Crippen molar-refractivity contribution in [3.05, 3.63) is 47.8 Å². The molecule has 0 saturated heterocycles. The summed E-state index contributed by atoms with van der Waals surface area (Å²) in [5.74, 6) is -0.931. The van der Waals surface area contributed by atoms with Crippen LogP contribution < -0.4 is 11.5 Å². The van der Waals surface area contributed by atoms with Crippen LogP contribution in [0.25, 0.3) is 0 Å². The van der Waals surface area contributed by atoms with E-state index in [1.165, 1.54) is 9.58 Å². The Hall–Kier alpha value is -2.83. The van der Waals surface area contributed by atoms with Crippen LogP contribution >= 0.6 is 0 Å². The first-order valence-electron chi connectivity index (χ1n) is 6.37. The smallest absolute Gasteiger partial charge is 0.275 e. The first-order chi connectivity index (χ1) is 9.95. The number of hydrogen-bond acceptors (Lipinski definition) is 4. The van der Waals surface area contributed by atoms with Gasteiger partial charge in [-0.15, -0.1) is 0 Å². The number of aryl methyl sites for hydroxylation is 1. The van der Waals surface area contributed by atoms with E-state index in [0.717, 1.165) is 5.56 Å². The molecule has 0 spiro atoms. The van der Waals surface area contributed by atoms with Gasteiger partial charge in [0.15, 0.2) is 0 Å². The zero-order valence-electron chi connectivity index (χ0n) is 11.7. The van der Waals surface area contributed by atoms with Gasteiger partial charge in [0.1, 0.15) is 12.2 Å². The molecule has 0 aliphatic heterocycles. The highest BCUT2D eigenvalue weighted by molar-refractivity contribution is 5.94. The first kappa shape index (κ1) is 14.6. The van der Waals surface area contributed by atoms with Crippen LogP contribution in [0.5, 0.6) is 0 Å². The molecule has 2 rings (SSSR count). The Morgan fingerprint density at radius 1 is 1.33 bits per heavy atom. The number of anilines is 1. The number of nitrogens with zero attached hydrogens (tertiary/aromatic N) is 3. The number of carbonyl (C=O) groups excluding carboxylic acids is 2. The third kappa shape index (κ3) is 3.82. The molecule has 0 bridgehead atoms. The number of carbonyl (C=O) groups is 2. The van der Waals surface area contributed by atoms with Gasteiger partial charge in [0.2, 0.25) is 5.91 Å². The Bertz CT molecular complexity index is 665. The Kier molecular flexibility index (Phi) is 4.22. The molecule has 1 heterocycles. The molecule has 110 valence electrons. The van der Waals surface area contributed by atoms with E-state index in [9.17, 15) is 9.59 Å². The van der Waals surface area contributed by atoms with Crippen LogP contribution in [0.1, 0.15) is 16.1 Å². The predicted octanol–water partition coefficient (Wildman–Crippen LogP) is 0.130.